The fourth-order valence-corrected chi connectivity index (χ4v) is 3.64. The first-order valence-electron chi connectivity index (χ1n) is 9.75. The van der Waals surface area contributed by atoms with Gasteiger partial charge >= 0.3 is 6.18 Å². The molecule has 1 N–H and O–H groups in total. The van der Waals surface area contributed by atoms with Gasteiger partial charge in [-0.25, -0.2) is 13.8 Å². The number of alkyl halides is 3. The molecule has 1 aromatic heterocycles. The Morgan fingerprint density at radius 3 is 2.31 bits per heavy atom. The summed E-state index contributed by atoms with van der Waals surface area (Å²) in [5.74, 6) is -2.45. The van der Waals surface area contributed by atoms with Crippen molar-refractivity contribution in [3.63, 3.8) is 0 Å². The summed E-state index contributed by atoms with van der Waals surface area (Å²) in [6.07, 6.45) is -3.46. The van der Waals surface area contributed by atoms with E-state index in [0.29, 0.717) is 19.2 Å². The van der Waals surface area contributed by atoms with E-state index in [2.05, 4.69) is 10.4 Å². The number of fused-ring (bicyclic) bond motifs is 1. The summed E-state index contributed by atoms with van der Waals surface area (Å²) >= 11 is 0. The number of carbonyl (C=O) groups excluding carboxylic acids is 1. The number of halogens is 5. The molecule has 0 radical (unpaired) electrons. The van der Waals surface area contributed by atoms with Crippen molar-refractivity contribution in [1.82, 2.24) is 9.66 Å². The number of aromatic nitrogens is 2. The van der Waals surface area contributed by atoms with Crippen LogP contribution in [-0.4, -0.2) is 28.7 Å². The second kappa shape index (κ2) is 8.21. The van der Waals surface area contributed by atoms with Gasteiger partial charge in [0.25, 0.3) is 5.56 Å². The van der Waals surface area contributed by atoms with Crippen molar-refractivity contribution < 1.29 is 26.7 Å². The van der Waals surface area contributed by atoms with Gasteiger partial charge in [0.2, 0.25) is 11.9 Å². The number of hydrogen-bond donors (Lipinski definition) is 1. The van der Waals surface area contributed by atoms with Gasteiger partial charge in [-0.15, -0.1) is 0 Å². The fourth-order valence-electron chi connectivity index (χ4n) is 3.64. The van der Waals surface area contributed by atoms with Crippen LogP contribution in [0.25, 0.3) is 10.9 Å². The lowest BCUT2D eigenvalue weighted by Gasteiger charge is -2.22. The first-order chi connectivity index (χ1) is 15.1. The zero-order chi connectivity index (χ0) is 23.0. The average molecular weight is 452 g/mol. The highest BCUT2D eigenvalue weighted by Crippen LogP contribution is 2.31. The van der Waals surface area contributed by atoms with Gasteiger partial charge < -0.3 is 4.90 Å². The van der Waals surface area contributed by atoms with Crippen molar-refractivity contribution in [1.29, 1.82) is 0 Å². The lowest BCUT2D eigenvalue weighted by atomic mass is 10.1. The third-order valence-electron chi connectivity index (χ3n) is 5.09. The van der Waals surface area contributed by atoms with Crippen LogP contribution in [-0.2, 0) is 17.4 Å². The molecule has 4 rings (SSSR count). The highest BCUT2D eigenvalue weighted by molar-refractivity contribution is 5.87. The van der Waals surface area contributed by atoms with Gasteiger partial charge in [-0.2, -0.15) is 17.8 Å². The Balaban J connectivity index is 1.74. The van der Waals surface area contributed by atoms with Crippen molar-refractivity contribution in [3.05, 3.63) is 69.5 Å². The van der Waals surface area contributed by atoms with Gasteiger partial charge in [-0.3, -0.25) is 15.0 Å². The Morgan fingerprint density at radius 2 is 1.69 bits per heavy atom. The van der Waals surface area contributed by atoms with Crippen LogP contribution in [0.5, 0.6) is 0 Å². The minimum absolute atomic E-state index is 0.00176. The van der Waals surface area contributed by atoms with E-state index in [4.69, 9.17) is 0 Å². The molecular weight excluding hydrogens is 435 g/mol. The fraction of sp³-hybridized carbons (Fsp3) is 0.286. The number of nitrogens with zero attached hydrogens (tertiary/aromatic N) is 3. The van der Waals surface area contributed by atoms with Crippen molar-refractivity contribution in [2.45, 2.75) is 25.4 Å². The summed E-state index contributed by atoms with van der Waals surface area (Å²) in [5, 5.41) is -0.113. The molecule has 1 aliphatic rings. The first kappa shape index (κ1) is 21.7. The number of nitrogens with one attached hydrogen (secondary N) is 1. The molecule has 1 aliphatic heterocycles. The number of hydrogen-bond acceptors (Lipinski definition) is 4. The van der Waals surface area contributed by atoms with Gasteiger partial charge in [0.1, 0.15) is 11.6 Å². The minimum atomic E-state index is -4.60. The van der Waals surface area contributed by atoms with E-state index >= 15 is 0 Å². The lowest BCUT2D eigenvalue weighted by Crippen LogP contribution is -2.39. The normalized spacial score (nSPS) is 14.2. The predicted octanol–water partition coefficient (Wildman–Crippen LogP) is 3.61. The predicted molar refractivity (Wildman–Crippen MR) is 107 cm³/mol. The Hall–Kier alpha value is -3.50. The van der Waals surface area contributed by atoms with Crippen molar-refractivity contribution in [2.24, 2.45) is 0 Å². The van der Waals surface area contributed by atoms with Crippen LogP contribution in [0.4, 0.5) is 27.9 Å². The molecule has 11 heteroatoms. The summed E-state index contributed by atoms with van der Waals surface area (Å²) in [6.45, 7) is 1.00. The van der Waals surface area contributed by atoms with Crippen LogP contribution >= 0.6 is 0 Å². The van der Waals surface area contributed by atoms with E-state index in [0.717, 1.165) is 47.8 Å². The van der Waals surface area contributed by atoms with Gasteiger partial charge in [-0.1, -0.05) is 0 Å². The molecule has 0 unspecified atom stereocenters. The molecule has 6 nitrogen and oxygen atoms in total. The third-order valence-corrected chi connectivity index (χ3v) is 5.09. The monoisotopic (exact) mass is 452 g/mol. The van der Waals surface area contributed by atoms with Gasteiger partial charge in [0.15, 0.2) is 0 Å². The summed E-state index contributed by atoms with van der Waals surface area (Å²) in [7, 11) is 0. The van der Waals surface area contributed by atoms with Gasteiger partial charge in [0.05, 0.1) is 22.9 Å². The third kappa shape index (κ3) is 4.41. The molecule has 0 aliphatic carbocycles. The van der Waals surface area contributed by atoms with Crippen LogP contribution in [0.1, 0.15) is 24.0 Å². The Labute approximate surface area is 178 Å². The number of anilines is 1. The largest absolute Gasteiger partial charge is 0.416 e. The molecule has 0 saturated carbocycles. The Bertz CT molecular complexity index is 1230. The van der Waals surface area contributed by atoms with E-state index in [1.54, 1.807) is 4.90 Å². The Morgan fingerprint density at radius 1 is 1.03 bits per heavy atom. The van der Waals surface area contributed by atoms with E-state index in [-0.39, 0.29) is 22.4 Å². The SMILES string of the molecule is O=C(Cc1cc(F)cc(F)c1)Nn1c(N2CCCC2)nc2cc(C(F)(F)F)ccc2c1=O. The smallest absolute Gasteiger partial charge is 0.341 e. The number of benzene rings is 2. The highest BCUT2D eigenvalue weighted by atomic mass is 19.4. The lowest BCUT2D eigenvalue weighted by molar-refractivity contribution is -0.137. The molecule has 32 heavy (non-hydrogen) atoms. The highest BCUT2D eigenvalue weighted by Gasteiger charge is 2.31. The standard InChI is InChI=1S/C21H17F5N4O2/c22-14-7-12(8-15(23)11-14)9-18(31)28-30-19(32)16-4-3-13(21(24,25)26)10-17(16)27-20(30)29-5-1-2-6-29/h3-4,7-8,10-11H,1-2,5-6,9H2,(H,28,31). The molecule has 1 amide bonds. The van der Waals surface area contributed by atoms with Crippen LogP contribution < -0.4 is 15.9 Å². The molecule has 2 aromatic carbocycles. The summed E-state index contributed by atoms with van der Waals surface area (Å²) in [6, 6.07) is 5.21. The topological polar surface area (TPSA) is 67.2 Å². The van der Waals surface area contributed by atoms with Gasteiger partial charge in [-0.05, 0) is 48.7 Å². The molecule has 2 heterocycles. The van der Waals surface area contributed by atoms with Crippen LogP contribution in [0.3, 0.4) is 0 Å². The maximum Gasteiger partial charge on any atom is 0.416 e. The molecule has 168 valence electrons. The van der Waals surface area contributed by atoms with E-state index in [1.807, 2.05) is 0 Å². The molecule has 3 aromatic rings. The van der Waals surface area contributed by atoms with Crippen LogP contribution in [0.15, 0.2) is 41.2 Å². The zero-order valence-electron chi connectivity index (χ0n) is 16.5. The average Bonchev–Trinajstić information content (AvgIpc) is 3.22. The molecule has 1 fully saturated rings. The zero-order valence-corrected chi connectivity index (χ0v) is 16.5. The second-order valence-electron chi connectivity index (χ2n) is 7.47. The second-order valence-corrected chi connectivity index (χ2v) is 7.47. The number of rotatable bonds is 4. The summed E-state index contributed by atoms with van der Waals surface area (Å²) in [4.78, 5) is 31.5. The van der Waals surface area contributed by atoms with Gasteiger partial charge in [0, 0.05) is 19.2 Å². The number of amides is 1. The van der Waals surface area contributed by atoms with Crippen molar-refractivity contribution in [3.8, 4) is 0 Å². The first-order valence-corrected chi connectivity index (χ1v) is 9.75. The van der Waals surface area contributed by atoms with Crippen LogP contribution in [0.2, 0.25) is 0 Å². The maximum absolute atomic E-state index is 13.4. The van der Waals surface area contributed by atoms with Crippen molar-refractivity contribution >= 4 is 22.8 Å². The van der Waals surface area contributed by atoms with E-state index < -0.39 is 41.3 Å². The summed E-state index contributed by atoms with van der Waals surface area (Å²) in [5.41, 5.74) is 0.575. The maximum atomic E-state index is 13.4. The quantitative estimate of drug-likeness (QED) is 0.615. The van der Waals surface area contributed by atoms with Crippen molar-refractivity contribution in [2.75, 3.05) is 23.4 Å². The number of carbonyl (C=O) groups is 1. The molecular formula is C21H17F5N4O2. The Kier molecular flexibility index (Phi) is 5.57. The molecule has 0 atom stereocenters. The van der Waals surface area contributed by atoms with Crippen LogP contribution in [0, 0.1) is 11.6 Å². The minimum Gasteiger partial charge on any atom is -0.341 e. The molecule has 0 bridgehead atoms. The molecule has 1 saturated heterocycles. The van der Waals surface area contributed by atoms with E-state index in [9.17, 15) is 31.5 Å². The molecule has 0 spiro atoms. The summed E-state index contributed by atoms with van der Waals surface area (Å²) < 4.78 is 67.0. The van der Waals surface area contributed by atoms with E-state index in [1.165, 1.54) is 0 Å².